The zero-order chi connectivity index (χ0) is 18.1. The minimum absolute atomic E-state index is 0.0792. The molecule has 0 aromatic carbocycles. The van der Waals surface area contributed by atoms with Gasteiger partial charge in [-0.15, -0.1) is 0 Å². The fraction of sp³-hybridized carbons (Fsp3) is 0.421. The lowest BCUT2D eigenvalue weighted by Gasteiger charge is -2.27. The first kappa shape index (κ1) is 16.8. The van der Waals surface area contributed by atoms with Crippen molar-refractivity contribution in [2.24, 2.45) is 0 Å². The minimum atomic E-state index is -0.0792. The van der Waals surface area contributed by atoms with E-state index in [1.807, 2.05) is 11.6 Å². The number of hydrogen-bond donors (Lipinski definition) is 1. The minimum Gasteiger partial charge on any atom is -0.461 e. The van der Waals surface area contributed by atoms with E-state index in [9.17, 15) is 4.79 Å². The number of aryl methyl sites for hydroxylation is 2. The predicted molar refractivity (Wildman–Crippen MR) is 97.6 cm³/mol. The van der Waals surface area contributed by atoms with Crippen LogP contribution in [0.4, 0.5) is 0 Å². The third-order valence-electron chi connectivity index (χ3n) is 4.80. The Morgan fingerprint density at radius 1 is 1.38 bits per heavy atom. The molecule has 0 aliphatic carbocycles. The van der Waals surface area contributed by atoms with Gasteiger partial charge in [0.2, 0.25) is 0 Å². The van der Waals surface area contributed by atoms with Crippen LogP contribution < -0.4 is 5.56 Å². The summed E-state index contributed by atoms with van der Waals surface area (Å²) in [5.41, 5.74) is 3.83. The highest BCUT2D eigenvalue weighted by Gasteiger charge is 2.23. The molecule has 0 saturated heterocycles. The van der Waals surface area contributed by atoms with Gasteiger partial charge in [0.1, 0.15) is 0 Å². The fourth-order valence-corrected chi connectivity index (χ4v) is 3.44. The Morgan fingerprint density at radius 2 is 2.27 bits per heavy atom. The van der Waals surface area contributed by atoms with Crippen LogP contribution in [0.2, 0.25) is 0 Å². The zero-order valence-corrected chi connectivity index (χ0v) is 15.2. The van der Waals surface area contributed by atoms with Crippen molar-refractivity contribution in [2.45, 2.75) is 46.3 Å². The summed E-state index contributed by atoms with van der Waals surface area (Å²) in [5, 5.41) is 4.57. The number of hydrogen-bond acceptors (Lipinski definition) is 5. The third-order valence-corrected chi connectivity index (χ3v) is 4.80. The molecule has 1 aliphatic rings. The van der Waals surface area contributed by atoms with Gasteiger partial charge in [0.15, 0.2) is 11.6 Å². The van der Waals surface area contributed by atoms with Crippen LogP contribution in [0.3, 0.4) is 0 Å². The van der Waals surface area contributed by atoms with Crippen molar-refractivity contribution in [3.8, 4) is 11.6 Å². The molecule has 0 unspecified atom stereocenters. The number of aromatic amines is 1. The summed E-state index contributed by atoms with van der Waals surface area (Å²) < 4.78 is 7.36. The molecule has 0 amide bonds. The number of nitrogens with zero attached hydrogens (tertiary/aromatic N) is 4. The molecule has 0 fully saturated rings. The van der Waals surface area contributed by atoms with Gasteiger partial charge in [-0.25, -0.2) is 4.98 Å². The highest BCUT2D eigenvalue weighted by molar-refractivity contribution is 5.47. The molecular weight excluding hydrogens is 330 g/mol. The first-order chi connectivity index (χ1) is 12.6. The van der Waals surface area contributed by atoms with Gasteiger partial charge in [-0.1, -0.05) is 6.92 Å². The Morgan fingerprint density at radius 3 is 3.04 bits per heavy atom. The van der Waals surface area contributed by atoms with Crippen molar-refractivity contribution >= 4 is 0 Å². The Hall–Kier alpha value is -2.67. The van der Waals surface area contributed by atoms with Crippen LogP contribution in [0.5, 0.6) is 0 Å². The summed E-state index contributed by atoms with van der Waals surface area (Å²) in [6, 6.07) is 3.59. The average Bonchev–Trinajstić information content (AvgIpc) is 3.26. The van der Waals surface area contributed by atoms with E-state index in [0.29, 0.717) is 18.1 Å². The maximum Gasteiger partial charge on any atom is 0.256 e. The predicted octanol–water partition coefficient (Wildman–Crippen LogP) is 2.50. The first-order valence-electron chi connectivity index (χ1n) is 9.05. The van der Waals surface area contributed by atoms with Crippen molar-refractivity contribution in [1.82, 2.24) is 24.6 Å². The zero-order valence-electron chi connectivity index (χ0n) is 15.2. The van der Waals surface area contributed by atoms with Gasteiger partial charge in [-0.05, 0) is 25.5 Å². The maximum atomic E-state index is 12.6. The van der Waals surface area contributed by atoms with Gasteiger partial charge in [0, 0.05) is 44.4 Å². The van der Waals surface area contributed by atoms with E-state index < -0.39 is 0 Å². The molecule has 26 heavy (non-hydrogen) atoms. The lowest BCUT2D eigenvalue weighted by Crippen LogP contribution is -2.35. The number of fused-ring (bicyclic) bond motifs is 1. The van der Waals surface area contributed by atoms with Crippen LogP contribution in [0.1, 0.15) is 35.9 Å². The molecule has 3 aromatic heterocycles. The molecule has 0 atom stereocenters. The second-order valence-corrected chi connectivity index (χ2v) is 6.78. The van der Waals surface area contributed by atoms with Crippen LogP contribution in [0.25, 0.3) is 11.6 Å². The maximum absolute atomic E-state index is 12.6. The molecule has 7 heteroatoms. The van der Waals surface area contributed by atoms with E-state index in [-0.39, 0.29) is 5.56 Å². The van der Waals surface area contributed by atoms with E-state index in [1.165, 1.54) is 5.56 Å². The first-order valence-corrected chi connectivity index (χ1v) is 9.05. The molecule has 0 saturated carbocycles. The Labute approximate surface area is 151 Å². The van der Waals surface area contributed by atoms with E-state index in [0.717, 1.165) is 49.4 Å². The number of rotatable bonds is 5. The Kier molecular flexibility index (Phi) is 4.46. The number of furan rings is 1. The molecule has 1 aliphatic heterocycles. The second-order valence-electron chi connectivity index (χ2n) is 6.78. The van der Waals surface area contributed by atoms with Crippen LogP contribution in [-0.2, 0) is 26.1 Å². The number of aromatic nitrogens is 4. The molecule has 0 radical (unpaired) electrons. The second kappa shape index (κ2) is 6.92. The Bertz CT molecular complexity index is 955. The summed E-state index contributed by atoms with van der Waals surface area (Å²) in [4.78, 5) is 22.3. The topological polar surface area (TPSA) is 80.0 Å². The quantitative estimate of drug-likeness (QED) is 0.762. The summed E-state index contributed by atoms with van der Waals surface area (Å²) in [7, 11) is 0. The van der Waals surface area contributed by atoms with Gasteiger partial charge in [-0.3, -0.25) is 14.4 Å². The van der Waals surface area contributed by atoms with E-state index >= 15 is 0 Å². The lowest BCUT2D eigenvalue weighted by atomic mass is 10.1. The van der Waals surface area contributed by atoms with Gasteiger partial charge in [0.05, 0.1) is 23.2 Å². The summed E-state index contributed by atoms with van der Waals surface area (Å²) in [5.74, 6) is 1.09. The molecule has 4 rings (SSSR count). The van der Waals surface area contributed by atoms with Crippen molar-refractivity contribution in [1.29, 1.82) is 0 Å². The van der Waals surface area contributed by atoms with Crippen molar-refractivity contribution in [2.75, 3.05) is 6.54 Å². The molecule has 3 aromatic rings. The number of H-pyrrole nitrogens is 1. The standard InChI is InChI=1S/C19H23N5O2/c1-3-7-24-11-14(13(2)22-24)10-23-8-6-16-15(12-23)19(25)21-18(20-16)17-5-4-9-26-17/h4-5,9,11H,3,6-8,10,12H2,1-2H3,(H,20,21,25). The third kappa shape index (κ3) is 3.22. The van der Waals surface area contributed by atoms with Crippen molar-refractivity contribution < 1.29 is 4.42 Å². The van der Waals surface area contributed by atoms with Gasteiger partial charge in [-0.2, -0.15) is 5.10 Å². The molecule has 7 nitrogen and oxygen atoms in total. The molecule has 1 N–H and O–H groups in total. The van der Waals surface area contributed by atoms with Gasteiger partial charge >= 0.3 is 0 Å². The van der Waals surface area contributed by atoms with E-state index in [1.54, 1.807) is 18.4 Å². The molecule has 0 spiro atoms. The van der Waals surface area contributed by atoms with Crippen LogP contribution in [0, 0.1) is 6.92 Å². The Balaban J connectivity index is 1.54. The largest absolute Gasteiger partial charge is 0.461 e. The average molecular weight is 353 g/mol. The van der Waals surface area contributed by atoms with E-state index in [2.05, 4.69) is 33.1 Å². The smallest absolute Gasteiger partial charge is 0.256 e. The van der Waals surface area contributed by atoms with E-state index in [4.69, 9.17) is 4.42 Å². The summed E-state index contributed by atoms with van der Waals surface area (Å²) >= 11 is 0. The summed E-state index contributed by atoms with van der Waals surface area (Å²) in [6.07, 6.45) is 5.53. The van der Waals surface area contributed by atoms with Gasteiger partial charge in [0.25, 0.3) is 5.56 Å². The fourth-order valence-electron chi connectivity index (χ4n) is 3.44. The van der Waals surface area contributed by atoms with Crippen molar-refractivity contribution in [3.05, 3.63) is 57.5 Å². The highest BCUT2D eigenvalue weighted by Crippen LogP contribution is 2.20. The molecule has 136 valence electrons. The summed E-state index contributed by atoms with van der Waals surface area (Å²) in [6.45, 7) is 7.41. The van der Waals surface area contributed by atoms with Crippen LogP contribution in [0.15, 0.2) is 33.8 Å². The lowest BCUT2D eigenvalue weighted by molar-refractivity contribution is 0.241. The normalized spacial score (nSPS) is 14.5. The monoisotopic (exact) mass is 353 g/mol. The highest BCUT2D eigenvalue weighted by atomic mass is 16.3. The van der Waals surface area contributed by atoms with Crippen molar-refractivity contribution in [3.63, 3.8) is 0 Å². The number of nitrogens with one attached hydrogen (secondary N) is 1. The van der Waals surface area contributed by atoms with Gasteiger partial charge < -0.3 is 9.40 Å². The molecular formula is C19H23N5O2. The molecule has 4 heterocycles. The SMILES string of the molecule is CCCn1cc(CN2CCc3nc(-c4ccco4)[nH]c(=O)c3C2)c(C)n1. The van der Waals surface area contributed by atoms with Crippen LogP contribution >= 0.6 is 0 Å². The van der Waals surface area contributed by atoms with Crippen LogP contribution in [-0.4, -0.2) is 31.2 Å². The molecule has 0 bridgehead atoms.